The SMILES string of the molecule is COc1cc2c(cc1OC)CN(c1ncncc1CC(=O)O)CC2. The number of nitrogens with zero attached hydrogens (tertiary/aromatic N) is 3. The van der Waals surface area contributed by atoms with E-state index in [-0.39, 0.29) is 6.42 Å². The number of fused-ring (bicyclic) bond motifs is 1. The third kappa shape index (κ3) is 3.10. The quantitative estimate of drug-likeness (QED) is 0.893. The molecule has 0 unspecified atom stereocenters. The Balaban J connectivity index is 1.92. The molecule has 0 bridgehead atoms. The van der Waals surface area contributed by atoms with E-state index in [1.54, 1.807) is 20.4 Å². The van der Waals surface area contributed by atoms with E-state index < -0.39 is 5.97 Å². The number of anilines is 1. The highest BCUT2D eigenvalue weighted by Crippen LogP contribution is 2.34. The standard InChI is InChI=1S/C17H19N3O4/c1-23-14-5-11-3-4-20(9-13(11)6-15(14)24-2)17-12(7-16(21)22)8-18-10-19-17/h5-6,8,10H,3-4,7,9H2,1-2H3,(H,21,22). The minimum atomic E-state index is -0.894. The first-order valence-electron chi connectivity index (χ1n) is 7.61. The van der Waals surface area contributed by atoms with E-state index in [1.807, 2.05) is 12.1 Å². The Morgan fingerprint density at radius 2 is 1.96 bits per heavy atom. The molecule has 2 aromatic rings. The van der Waals surface area contributed by atoms with Crippen molar-refractivity contribution in [3.63, 3.8) is 0 Å². The molecule has 1 aromatic carbocycles. The Hall–Kier alpha value is -2.83. The van der Waals surface area contributed by atoms with Gasteiger partial charge in [-0.25, -0.2) is 9.97 Å². The topological polar surface area (TPSA) is 84.8 Å². The molecule has 7 heteroatoms. The molecule has 0 fully saturated rings. The summed E-state index contributed by atoms with van der Waals surface area (Å²) in [4.78, 5) is 21.4. The van der Waals surface area contributed by atoms with E-state index in [1.165, 1.54) is 11.9 Å². The van der Waals surface area contributed by atoms with Crippen LogP contribution in [0.15, 0.2) is 24.7 Å². The van der Waals surface area contributed by atoms with E-state index >= 15 is 0 Å². The van der Waals surface area contributed by atoms with Crippen LogP contribution in [0.5, 0.6) is 11.5 Å². The Kier molecular flexibility index (Phi) is 4.50. The van der Waals surface area contributed by atoms with E-state index in [0.717, 1.165) is 24.3 Å². The molecule has 1 N–H and O–H groups in total. The minimum Gasteiger partial charge on any atom is -0.493 e. The lowest BCUT2D eigenvalue weighted by atomic mass is 9.98. The van der Waals surface area contributed by atoms with Gasteiger partial charge in [-0.15, -0.1) is 0 Å². The zero-order chi connectivity index (χ0) is 17.1. The van der Waals surface area contributed by atoms with Crippen molar-refractivity contribution in [3.8, 4) is 11.5 Å². The molecular weight excluding hydrogens is 310 g/mol. The number of carboxylic acids is 1. The first kappa shape index (κ1) is 16.0. The summed E-state index contributed by atoms with van der Waals surface area (Å²) in [5.74, 6) is 1.19. The van der Waals surface area contributed by atoms with Crippen molar-refractivity contribution in [2.75, 3.05) is 25.7 Å². The molecule has 0 atom stereocenters. The van der Waals surface area contributed by atoms with E-state index in [2.05, 4.69) is 14.9 Å². The maximum Gasteiger partial charge on any atom is 0.308 e. The highest BCUT2D eigenvalue weighted by Gasteiger charge is 2.22. The van der Waals surface area contributed by atoms with Gasteiger partial charge >= 0.3 is 5.97 Å². The van der Waals surface area contributed by atoms with Crippen molar-refractivity contribution in [1.29, 1.82) is 0 Å². The lowest BCUT2D eigenvalue weighted by Crippen LogP contribution is -2.32. The normalized spacial score (nSPS) is 13.3. The second-order valence-electron chi connectivity index (χ2n) is 5.59. The maximum atomic E-state index is 11.1. The number of hydrogen-bond donors (Lipinski definition) is 1. The molecule has 0 saturated carbocycles. The van der Waals surface area contributed by atoms with Gasteiger partial charge in [-0.05, 0) is 29.7 Å². The summed E-state index contributed by atoms with van der Waals surface area (Å²) in [5.41, 5.74) is 2.95. The van der Waals surface area contributed by atoms with Crippen molar-refractivity contribution < 1.29 is 19.4 Å². The predicted octanol–water partition coefficient (Wildman–Crippen LogP) is 1.68. The molecule has 24 heavy (non-hydrogen) atoms. The molecule has 0 aliphatic carbocycles. The van der Waals surface area contributed by atoms with Crippen LogP contribution in [0.3, 0.4) is 0 Å². The summed E-state index contributed by atoms with van der Waals surface area (Å²) < 4.78 is 10.7. The molecule has 1 aromatic heterocycles. The van der Waals surface area contributed by atoms with Gasteiger partial charge < -0.3 is 19.5 Å². The molecule has 0 amide bonds. The second kappa shape index (κ2) is 6.74. The predicted molar refractivity (Wildman–Crippen MR) is 87.7 cm³/mol. The molecule has 0 saturated heterocycles. The number of ether oxygens (including phenoxy) is 2. The van der Waals surface area contributed by atoms with Gasteiger partial charge in [0, 0.05) is 24.8 Å². The smallest absolute Gasteiger partial charge is 0.308 e. The molecule has 2 heterocycles. The molecule has 0 spiro atoms. The average molecular weight is 329 g/mol. The van der Waals surface area contributed by atoms with Gasteiger partial charge in [0.15, 0.2) is 11.5 Å². The summed E-state index contributed by atoms with van der Waals surface area (Å²) in [6.45, 7) is 1.39. The fraction of sp³-hybridized carbons (Fsp3) is 0.353. The fourth-order valence-corrected chi connectivity index (χ4v) is 2.99. The van der Waals surface area contributed by atoms with Crippen LogP contribution < -0.4 is 14.4 Å². The number of carboxylic acid groups (broad SMARTS) is 1. The highest BCUT2D eigenvalue weighted by molar-refractivity contribution is 5.72. The summed E-state index contributed by atoms with van der Waals surface area (Å²) in [6.07, 6.45) is 3.75. The van der Waals surface area contributed by atoms with Crippen LogP contribution in [-0.4, -0.2) is 41.8 Å². The van der Waals surface area contributed by atoms with Crippen LogP contribution in [0.2, 0.25) is 0 Å². The summed E-state index contributed by atoms with van der Waals surface area (Å²) in [5, 5.41) is 9.07. The van der Waals surface area contributed by atoms with E-state index in [9.17, 15) is 4.79 Å². The zero-order valence-corrected chi connectivity index (χ0v) is 13.7. The van der Waals surface area contributed by atoms with Gasteiger partial charge in [0.05, 0.1) is 20.6 Å². The Labute approximate surface area is 139 Å². The minimum absolute atomic E-state index is 0.0918. The molecular formula is C17H19N3O4. The molecule has 7 nitrogen and oxygen atoms in total. The monoisotopic (exact) mass is 329 g/mol. The number of hydrogen-bond acceptors (Lipinski definition) is 6. The largest absolute Gasteiger partial charge is 0.493 e. The van der Waals surface area contributed by atoms with Crippen LogP contribution in [0.1, 0.15) is 16.7 Å². The van der Waals surface area contributed by atoms with Gasteiger partial charge in [-0.3, -0.25) is 4.79 Å². The van der Waals surface area contributed by atoms with Crippen molar-refractivity contribution in [3.05, 3.63) is 41.3 Å². The Morgan fingerprint density at radius 3 is 2.62 bits per heavy atom. The van der Waals surface area contributed by atoms with Gasteiger partial charge in [0.25, 0.3) is 0 Å². The summed E-state index contributed by atoms with van der Waals surface area (Å²) in [6, 6.07) is 3.97. The number of aliphatic carboxylic acids is 1. The number of rotatable bonds is 5. The zero-order valence-electron chi connectivity index (χ0n) is 13.7. The van der Waals surface area contributed by atoms with Crippen LogP contribution in [0.4, 0.5) is 5.82 Å². The van der Waals surface area contributed by atoms with Crippen molar-refractivity contribution in [2.24, 2.45) is 0 Å². The van der Waals surface area contributed by atoms with Gasteiger partial charge in [-0.2, -0.15) is 0 Å². The summed E-state index contributed by atoms with van der Waals surface area (Å²) >= 11 is 0. The molecule has 1 aliphatic heterocycles. The van der Waals surface area contributed by atoms with Gasteiger partial charge in [-0.1, -0.05) is 0 Å². The molecule has 1 aliphatic rings. The number of aromatic nitrogens is 2. The van der Waals surface area contributed by atoms with Gasteiger partial charge in [0.2, 0.25) is 0 Å². The molecule has 126 valence electrons. The number of benzene rings is 1. The molecule has 0 radical (unpaired) electrons. The van der Waals surface area contributed by atoms with Crippen molar-refractivity contribution in [1.82, 2.24) is 9.97 Å². The van der Waals surface area contributed by atoms with Crippen molar-refractivity contribution in [2.45, 2.75) is 19.4 Å². The first-order valence-corrected chi connectivity index (χ1v) is 7.61. The Morgan fingerprint density at radius 1 is 1.25 bits per heavy atom. The number of methoxy groups -OCH3 is 2. The first-order chi connectivity index (χ1) is 11.6. The number of carbonyl (C=O) groups is 1. The lowest BCUT2D eigenvalue weighted by molar-refractivity contribution is -0.136. The Bertz CT molecular complexity index is 763. The van der Waals surface area contributed by atoms with Crippen LogP contribution in [0.25, 0.3) is 0 Å². The van der Waals surface area contributed by atoms with E-state index in [0.29, 0.717) is 23.7 Å². The maximum absolute atomic E-state index is 11.1. The third-order valence-electron chi connectivity index (χ3n) is 4.12. The third-order valence-corrected chi connectivity index (χ3v) is 4.12. The van der Waals surface area contributed by atoms with Crippen LogP contribution in [0, 0.1) is 0 Å². The fourth-order valence-electron chi connectivity index (χ4n) is 2.99. The van der Waals surface area contributed by atoms with Crippen LogP contribution in [-0.2, 0) is 24.2 Å². The van der Waals surface area contributed by atoms with Gasteiger partial charge in [0.1, 0.15) is 12.1 Å². The average Bonchev–Trinajstić information content (AvgIpc) is 2.60. The summed E-state index contributed by atoms with van der Waals surface area (Å²) in [7, 11) is 3.23. The second-order valence-corrected chi connectivity index (χ2v) is 5.59. The van der Waals surface area contributed by atoms with E-state index in [4.69, 9.17) is 14.6 Å². The highest BCUT2D eigenvalue weighted by atomic mass is 16.5. The molecule has 3 rings (SSSR count). The van der Waals surface area contributed by atoms with Crippen molar-refractivity contribution >= 4 is 11.8 Å². The van der Waals surface area contributed by atoms with Crippen LogP contribution >= 0.6 is 0 Å². The lowest BCUT2D eigenvalue weighted by Gasteiger charge is -2.31.